The second-order valence-electron chi connectivity index (χ2n) is 4.01. The Hall–Kier alpha value is -0.370. The summed E-state index contributed by atoms with van der Waals surface area (Å²) in [6.45, 7) is 7.73. The van der Waals surface area contributed by atoms with Crippen LogP contribution in [0.1, 0.15) is 46.5 Å². The Morgan fingerprint density at radius 3 is 2.50 bits per heavy atom. The fraction of sp³-hybridized carbons (Fsp3) is 0.917. The third-order valence-electron chi connectivity index (χ3n) is 2.53. The van der Waals surface area contributed by atoms with E-state index in [1.807, 2.05) is 7.05 Å². The van der Waals surface area contributed by atoms with E-state index in [-0.39, 0.29) is 0 Å². The molecule has 0 bridgehead atoms. The van der Waals surface area contributed by atoms with Gasteiger partial charge >= 0.3 is 0 Å². The largest absolute Gasteiger partial charge is 0.318 e. The summed E-state index contributed by atoms with van der Waals surface area (Å²) in [5.41, 5.74) is 0. The van der Waals surface area contributed by atoms with Crippen molar-refractivity contribution < 1.29 is 0 Å². The van der Waals surface area contributed by atoms with Gasteiger partial charge in [-0.15, -0.1) is 0 Å². The summed E-state index contributed by atoms with van der Waals surface area (Å²) in [7, 11) is 2.00. The normalized spacial score (nSPS) is 16.0. The van der Waals surface area contributed by atoms with Gasteiger partial charge in [0.05, 0.1) is 6.04 Å². The van der Waals surface area contributed by atoms with Crippen LogP contribution in [0.15, 0.2) is 4.99 Å². The molecule has 0 radical (unpaired) electrons. The number of hydrogen-bond acceptors (Lipinski definition) is 2. The van der Waals surface area contributed by atoms with Crippen LogP contribution in [0.25, 0.3) is 0 Å². The van der Waals surface area contributed by atoms with Gasteiger partial charge in [0.15, 0.2) is 0 Å². The van der Waals surface area contributed by atoms with Crippen molar-refractivity contribution in [3.63, 3.8) is 0 Å². The molecule has 0 aliphatic carbocycles. The zero-order valence-electron chi connectivity index (χ0n) is 10.2. The minimum absolute atomic E-state index is 0.464. The van der Waals surface area contributed by atoms with E-state index in [9.17, 15) is 0 Å². The van der Waals surface area contributed by atoms with Gasteiger partial charge in [0.1, 0.15) is 0 Å². The van der Waals surface area contributed by atoms with Crippen LogP contribution in [0.5, 0.6) is 0 Å². The lowest BCUT2D eigenvalue weighted by atomic mass is 9.97. The first-order chi connectivity index (χ1) is 6.76. The molecule has 2 unspecified atom stereocenters. The Balaban J connectivity index is 3.98. The van der Waals surface area contributed by atoms with Crippen molar-refractivity contribution in [2.24, 2.45) is 10.9 Å². The highest BCUT2D eigenvalue weighted by Gasteiger charge is 2.13. The first kappa shape index (κ1) is 13.6. The second kappa shape index (κ2) is 9.20. The summed E-state index contributed by atoms with van der Waals surface area (Å²) in [6.07, 6.45) is 6.92. The maximum absolute atomic E-state index is 4.63. The van der Waals surface area contributed by atoms with Crippen molar-refractivity contribution in [1.29, 1.82) is 0 Å². The Morgan fingerprint density at radius 2 is 2.00 bits per heavy atom. The van der Waals surface area contributed by atoms with Gasteiger partial charge in [-0.1, -0.05) is 33.6 Å². The molecule has 0 aromatic carbocycles. The quantitative estimate of drug-likeness (QED) is 0.596. The fourth-order valence-electron chi connectivity index (χ4n) is 1.60. The number of nitrogens with zero attached hydrogens (tertiary/aromatic N) is 1. The number of nitrogens with one attached hydrogen (secondary N) is 1. The minimum atomic E-state index is 0.464. The Labute approximate surface area is 89.2 Å². The average Bonchev–Trinajstić information content (AvgIpc) is 2.17. The molecule has 2 atom stereocenters. The van der Waals surface area contributed by atoms with Crippen molar-refractivity contribution in [1.82, 2.24) is 5.32 Å². The van der Waals surface area contributed by atoms with Crippen molar-refractivity contribution in [3.8, 4) is 0 Å². The van der Waals surface area contributed by atoms with E-state index < -0.39 is 0 Å². The molecule has 0 aliphatic rings. The lowest BCUT2D eigenvalue weighted by Crippen LogP contribution is -2.28. The molecule has 0 saturated carbocycles. The van der Waals surface area contributed by atoms with E-state index in [0.29, 0.717) is 12.0 Å². The van der Waals surface area contributed by atoms with Crippen LogP contribution < -0.4 is 5.32 Å². The third-order valence-corrected chi connectivity index (χ3v) is 2.53. The molecule has 0 spiro atoms. The van der Waals surface area contributed by atoms with Crippen molar-refractivity contribution in [3.05, 3.63) is 0 Å². The molecule has 14 heavy (non-hydrogen) atoms. The highest BCUT2D eigenvalue weighted by Crippen LogP contribution is 2.13. The predicted octanol–water partition coefficient (Wildman–Crippen LogP) is 2.88. The van der Waals surface area contributed by atoms with Crippen LogP contribution in [-0.2, 0) is 0 Å². The lowest BCUT2D eigenvalue weighted by Gasteiger charge is -2.19. The fourth-order valence-corrected chi connectivity index (χ4v) is 1.60. The summed E-state index contributed by atoms with van der Waals surface area (Å²) in [6, 6.07) is 0.464. The van der Waals surface area contributed by atoms with Crippen molar-refractivity contribution >= 4 is 6.21 Å². The summed E-state index contributed by atoms with van der Waals surface area (Å²) < 4.78 is 0. The van der Waals surface area contributed by atoms with E-state index in [4.69, 9.17) is 0 Å². The van der Waals surface area contributed by atoms with E-state index in [2.05, 4.69) is 37.3 Å². The van der Waals surface area contributed by atoms with E-state index in [1.165, 1.54) is 19.3 Å². The van der Waals surface area contributed by atoms with E-state index in [0.717, 1.165) is 13.0 Å². The maximum atomic E-state index is 4.63. The van der Waals surface area contributed by atoms with Gasteiger partial charge in [0.25, 0.3) is 0 Å². The van der Waals surface area contributed by atoms with Gasteiger partial charge in [0, 0.05) is 6.54 Å². The molecule has 0 rings (SSSR count). The molecule has 0 aromatic heterocycles. The van der Waals surface area contributed by atoms with Gasteiger partial charge in [-0.05, 0) is 32.0 Å². The molecular weight excluding hydrogens is 172 g/mol. The van der Waals surface area contributed by atoms with Crippen LogP contribution in [0.3, 0.4) is 0 Å². The van der Waals surface area contributed by atoms with Crippen LogP contribution in [-0.4, -0.2) is 25.8 Å². The molecule has 0 fully saturated rings. The van der Waals surface area contributed by atoms with Crippen LogP contribution in [0.2, 0.25) is 0 Å². The predicted molar refractivity (Wildman–Crippen MR) is 65.2 cm³/mol. The second-order valence-corrected chi connectivity index (χ2v) is 4.01. The number of hydrogen-bond donors (Lipinski definition) is 1. The Morgan fingerprint density at radius 1 is 1.29 bits per heavy atom. The maximum Gasteiger partial charge on any atom is 0.0645 e. The van der Waals surface area contributed by atoms with Gasteiger partial charge in [-0.3, -0.25) is 4.99 Å². The number of likely N-dealkylation sites (N-methyl/N-ethyl adjacent to an activating group) is 1. The number of unbranched alkanes of at least 4 members (excludes halogenated alkanes) is 1. The highest BCUT2D eigenvalue weighted by molar-refractivity contribution is 5.57. The first-order valence-electron chi connectivity index (χ1n) is 5.92. The van der Waals surface area contributed by atoms with Gasteiger partial charge in [-0.25, -0.2) is 0 Å². The lowest BCUT2D eigenvalue weighted by molar-refractivity contribution is 0.414. The Bertz CT molecular complexity index is 143. The van der Waals surface area contributed by atoms with E-state index >= 15 is 0 Å². The zero-order valence-corrected chi connectivity index (χ0v) is 10.2. The highest BCUT2D eigenvalue weighted by atomic mass is 14.9. The molecule has 0 aliphatic heterocycles. The summed E-state index contributed by atoms with van der Waals surface area (Å²) in [5, 5.41) is 3.22. The monoisotopic (exact) mass is 198 g/mol. The standard InChI is InChI=1S/C12H26N2/c1-5-7-9-14-12(10-13-4)11(3)8-6-2/h9,11-13H,5-8,10H2,1-4H3/b14-9+. The van der Waals surface area contributed by atoms with E-state index in [1.54, 1.807) is 0 Å². The molecule has 2 heteroatoms. The van der Waals surface area contributed by atoms with Crippen LogP contribution >= 0.6 is 0 Å². The smallest absolute Gasteiger partial charge is 0.0645 e. The first-order valence-corrected chi connectivity index (χ1v) is 5.92. The number of rotatable bonds is 8. The van der Waals surface area contributed by atoms with Crippen molar-refractivity contribution in [2.45, 2.75) is 52.5 Å². The van der Waals surface area contributed by atoms with Crippen LogP contribution in [0.4, 0.5) is 0 Å². The van der Waals surface area contributed by atoms with Gasteiger partial charge in [-0.2, -0.15) is 0 Å². The molecule has 84 valence electrons. The molecule has 0 aromatic rings. The summed E-state index contributed by atoms with van der Waals surface area (Å²) >= 11 is 0. The molecular formula is C12H26N2. The molecule has 0 saturated heterocycles. The zero-order chi connectivity index (χ0) is 10.8. The summed E-state index contributed by atoms with van der Waals surface area (Å²) in [5.74, 6) is 0.695. The molecule has 2 nitrogen and oxygen atoms in total. The Kier molecular flexibility index (Phi) is 8.95. The molecule has 0 amide bonds. The number of aliphatic imine (C=N–C) groups is 1. The minimum Gasteiger partial charge on any atom is -0.318 e. The summed E-state index contributed by atoms with van der Waals surface area (Å²) in [4.78, 5) is 4.63. The molecule has 1 N–H and O–H groups in total. The third kappa shape index (κ3) is 6.14. The SMILES string of the molecule is CCC/C=N/C(CNC)C(C)CCC. The van der Waals surface area contributed by atoms with Gasteiger partial charge < -0.3 is 5.32 Å². The average molecular weight is 198 g/mol. The molecule has 0 heterocycles. The van der Waals surface area contributed by atoms with Crippen LogP contribution in [0, 0.1) is 5.92 Å². The van der Waals surface area contributed by atoms with Gasteiger partial charge in [0.2, 0.25) is 0 Å². The van der Waals surface area contributed by atoms with Crippen molar-refractivity contribution in [2.75, 3.05) is 13.6 Å². The topological polar surface area (TPSA) is 24.4 Å².